The van der Waals surface area contributed by atoms with Gasteiger partial charge in [0.15, 0.2) is 0 Å². The number of carbonyl (C=O) groups is 1. The number of nitriles is 1. The summed E-state index contributed by atoms with van der Waals surface area (Å²) in [6.07, 6.45) is 4.03. The summed E-state index contributed by atoms with van der Waals surface area (Å²) in [5, 5.41) is 19.7. The van der Waals surface area contributed by atoms with E-state index in [9.17, 15) is 10.0 Å². The first kappa shape index (κ1) is 10.9. The van der Waals surface area contributed by atoms with Crippen LogP contribution in [0, 0.1) is 16.5 Å². The molecule has 0 aliphatic rings. The van der Waals surface area contributed by atoms with E-state index in [0.717, 1.165) is 0 Å². The number of pyridine rings is 1. The lowest BCUT2D eigenvalue weighted by Gasteiger charge is -2.16. The predicted molar refractivity (Wildman–Crippen MR) is 55.9 cm³/mol. The highest BCUT2D eigenvalue weighted by molar-refractivity contribution is 5.88. The summed E-state index contributed by atoms with van der Waals surface area (Å²) in [5.74, 6) is -0.789. The molecule has 7 nitrogen and oxygen atoms in total. The van der Waals surface area contributed by atoms with Crippen molar-refractivity contribution in [1.29, 1.82) is 5.26 Å². The first-order valence-electron chi connectivity index (χ1n) is 4.66. The Balaban J connectivity index is 2.31. The van der Waals surface area contributed by atoms with Crippen molar-refractivity contribution in [3.05, 3.63) is 47.3 Å². The Kier molecular flexibility index (Phi) is 2.91. The summed E-state index contributed by atoms with van der Waals surface area (Å²) in [6.45, 7) is 0. The maximum absolute atomic E-state index is 11.8. The van der Waals surface area contributed by atoms with Crippen LogP contribution < -0.4 is 5.06 Å². The van der Waals surface area contributed by atoms with Gasteiger partial charge in [0.2, 0.25) is 11.5 Å². The van der Waals surface area contributed by atoms with Crippen molar-refractivity contribution in [2.75, 3.05) is 0 Å². The van der Waals surface area contributed by atoms with Crippen LogP contribution >= 0.6 is 0 Å². The molecule has 0 saturated carbocycles. The molecular formula is C10H7N5O2. The minimum absolute atomic E-state index is 0.0857. The Labute approximate surface area is 95.9 Å². The molecule has 1 atom stereocenters. The van der Waals surface area contributed by atoms with Gasteiger partial charge in [0.05, 0.1) is 11.9 Å². The first-order chi connectivity index (χ1) is 8.24. The zero-order valence-electron chi connectivity index (χ0n) is 8.54. The highest BCUT2D eigenvalue weighted by atomic mass is 16.5. The van der Waals surface area contributed by atoms with Crippen molar-refractivity contribution in [1.82, 2.24) is 15.0 Å². The molecule has 2 rings (SSSR count). The van der Waals surface area contributed by atoms with Crippen molar-refractivity contribution >= 4 is 11.7 Å². The SMILES string of the molecule is N#Cc1nc[nH]c1[NH+]([O-])C(=O)c1ccncc1. The van der Waals surface area contributed by atoms with Crippen LogP contribution in [0.25, 0.3) is 0 Å². The lowest BCUT2D eigenvalue weighted by molar-refractivity contribution is -0.682. The van der Waals surface area contributed by atoms with Crippen LogP contribution in [-0.4, -0.2) is 20.9 Å². The number of H-pyrrole nitrogens is 1. The predicted octanol–water partition coefficient (Wildman–Crippen LogP) is -0.469. The van der Waals surface area contributed by atoms with Gasteiger partial charge in [-0.1, -0.05) is 0 Å². The van der Waals surface area contributed by atoms with Gasteiger partial charge in [-0.05, 0) is 12.1 Å². The van der Waals surface area contributed by atoms with E-state index in [1.54, 1.807) is 6.07 Å². The topological polar surface area (TPSA) is 110 Å². The number of amides is 1. The number of hydrogen-bond acceptors (Lipinski definition) is 5. The van der Waals surface area contributed by atoms with E-state index in [2.05, 4.69) is 15.0 Å². The number of imidazole rings is 1. The van der Waals surface area contributed by atoms with E-state index in [1.807, 2.05) is 0 Å². The third-order valence-electron chi connectivity index (χ3n) is 2.12. The van der Waals surface area contributed by atoms with Crippen LogP contribution in [-0.2, 0) is 0 Å². The highest BCUT2D eigenvalue weighted by Crippen LogP contribution is 2.03. The quantitative estimate of drug-likeness (QED) is 0.676. The molecular weight excluding hydrogens is 222 g/mol. The highest BCUT2D eigenvalue weighted by Gasteiger charge is 2.21. The van der Waals surface area contributed by atoms with E-state index >= 15 is 0 Å². The molecule has 2 N–H and O–H groups in total. The van der Waals surface area contributed by atoms with E-state index in [1.165, 1.54) is 30.9 Å². The molecule has 17 heavy (non-hydrogen) atoms. The number of nitrogens with one attached hydrogen (secondary N) is 2. The Bertz CT molecular complexity index is 572. The molecule has 0 fully saturated rings. The molecule has 1 amide bonds. The first-order valence-corrected chi connectivity index (χ1v) is 4.66. The molecule has 2 aromatic heterocycles. The fourth-order valence-electron chi connectivity index (χ4n) is 1.30. The number of aromatic amines is 1. The van der Waals surface area contributed by atoms with Crippen molar-refractivity contribution in [3.8, 4) is 6.07 Å². The third-order valence-corrected chi connectivity index (χ3v) is 2.12. The second-order valence-corrected chi connectivity index (χ2v) is 3.13. The standard InChI is InChI=1S/C10H7N5O2/c11-5-8-9(14-6-13-8)15(17)10(16)7-1-3-12-4-2-7/h1-4,6,15H,(H,13,14). The van der Waals surface area contributed by atoms with Crippen LogP contribution in [0.3, 0.4) is 0 Å². The number of carbonyl (C=O) groups excluding carboxylic acids is 1. The van der Waals surface area contributed by atoms with Gasteiger partial charge < -0.3 is 5.21 Å². The molecule has 0 bridgehead atoms. The van der Waals surface area contributed by atoms with Crippen LogP contribution in [0.2, 0.25) is 0 Å². The van der Waals surface area contributed by atoms with Gasteiger partial charge in [0, 0.05) is 12.4 Å². The summed E-state index contributed by atoms with van der Waals surface area (Å²) >= 11 is 0. The summed E-state index contributed by atoms with van der Waals surface area (Å²) < 4.78 is 0. The number of rotatable bonds is 2. The second kappa shape index (κ2) is 4.52. The monoisotopic (exact) mass is 229 g/mol. The molecule has 0 spiro atoms. The van der Waals surface area contributed by atoms with Gasteiger partial charge in [-0.2, -0.15) is 5.26 Å². The minimum Gasteiger partial charge on any atom is -0.620 e. The molecule has 7 heteroatoms. The Hall–Kier alpha value is -2.56. The van der Waals surface area contributed by atoms with Crippen molar-refractivity contribution in [2.24, 2.45) is 0 Å². The summed E-state index contributed by atoms with van der Waals surface area (Å²) in [7, 11) is 0. The van der Waals surface area contributed by atoms with Crippen molar-refractivity contribution in [2.45, 2.75) is 0 Å². The Morgan fingerprint density at radius 2 is 2.18 bits per heavy atom. The van der Waals surface area contributed by atoms with Crippen LogP contribution in [0.15, 0.2) is 30.9 Å². The van der Waals surface area contributed by atoms with E-state index in [0.29, 0.717) is 0 Å². The Morgan fingerprint density at radius 1 is 1.47 bits per heavy atom. The van der Waals surface area contributed by atoms with Crippen LogP contribution in [0.4, 0.5) is 5.82 Å². The lowest BCUT2D eigenvalue weighted by Crippen LogP contribution is -3.05. The molecule has 0 aliphatic heterocycles. The summed E-state index contributed by atoms with van der Waals surface area (Å²) in [5.41, 5.74) is 0.140. The largest absolute Gasteiger partial charge is 0.620 e. The van der Waals surface area contributed by atoms with Crippen LogP contribution in [0.5, 0.6) is 0 Å². The molecule has 2 aromatic rings. The number of quaternary nitrogens is 1. The number of hydrogen-bond donors (Lipinski definition) is 2. The van der Waals surface area contributed by atoms with Gasteiger partial charge in [0.1, 0.15) is 6.07 Å². The van der Waals surface area contributed by atoms with Gasteiger partial charge in [0.25, 0.3) is 0 Å². The fourth-order valence-corrected chi connectivity index (χ4v) is 1.30. The molecule has 0 aliphatic carbocycles. The second-order valence-electron chi connectivity index (χ2n) is 3.13. The van der Waals surface area contributed by atoms with Gasteiger partial charge in [-0.25, -0.2) is 9.78 Å². The molecule has 2 heterocycles. The van der Waals surface area contributed by atoms with Crippen molar-refractivity contribution in [3.63, 3.8) is 0 Å². The normalized spacial score (nSPS) is 11.8. The van der Waals surface area contributed by atoms with E-state index in [4.69, 9.17) is 5.26 Å². The van der Waals surface area contributed by atoms with Crippen molar-refractivity contribution < 1.29 is 9.86 Å². The van der Waals surface area contributed by atoms with E-state index in [-0.39, 0.29) is 17.1 Å². The number of hydroxylamine groups is 1. The molecule has 0 radical (unpaired) electrons. The maximum atomic E-state index is 11.8. The average Bonchev–Trinajstić information content (AvgIpc) is 2.86. The van der Waals surface area contributed by atoms with Gasteiger partial charge >= 0.3 is 5.91 Å². The van der Waals surface area contributed by atoms with Crippen LogP contribution in [0.1, 0.15) is 16.1 Å². The fraction of sp³-hybridized carbons (Fsp3) is 0. The molecule has 0 saturated heterocycles. The van der Waals surface area contributed by atoms with Gasteiger partial charge in [-0.3, -0.25) is 15.0 Å². The minimum atomic E-state index is -0.787. The third kappa shape index (κ3) is 2.03. The smallest absolute Gasteiger partial charge is 0.350 e. The molecule has 84 valence electrons. The lowest BCUT2D eigenvalue weighted by atomic mass is 10.2. The zero-order chi connectivity index (χ0) is 12.3. The van der Waals surface area contributed by atoms with E-state index < -0.39 is 11.0 Å². The summed E-state index contributed by atoms with van der Waals surface area (Å²) in [4.78, 5) is 21.6. The number of nitrogens with zero attached hydrogens (tertiary/aromatic N) is 3. The Morgan fingerprint density at radius 3 is 2.82 bits per heavy atom. The average molecular weight is 229 g/mol. The summed E-state index contributed by atoms with van der Waals surface area (Å²) in [6, 6.07) is 4.60. The molecule has 1 unspecified atom stereocenters. The number of aromatic nitrogens is 3. The maximum Gasteiger partial charge on any atom is 0.350 e. The molecule has 0 aromatic carbocycles. The van der Waals surface area contributed by atoms with Gasteiger partial charge in [-0.15, -0.1) is 0 Å². The zero-order valence-corrected chi connectivity index (χ0v) is 8.54.